The summed E-state index contributed by atoms with van der Waals surface area (Å²) in [5.74, 6) is -5.29. The number of benzene rings is 2. The van der Waals surface area contributed by atoms with E-state index in [0.717, 1.165) is 16.3 Å². The molecular formula is C23H19NO6. The maximum Gasteiger partial charge on any atom is 0.255 e. The van der Waals surface area contributed by atoms with Crippen molar-refractivity contribution in [2.75, 3.05) is 0 Å². The fourth-order valence-electron chi connectivity index (χ4n) is 5.22. The van der Waals surface area contributed by atoms with Gasteiger partial charge >= 0.3 is 0 Å². The highest BCUT2D eigenvalue weighted by Crippen LogP contribution is 2.50. The van der Waals surface area contributed by atoms with Crippen LogP contribution in [0.15, 0.2) is 59.1 Å². The monoisotopic (exact) mass is 405 g/mol. The van der Waals surface area contributed by atoms with E-state index in [2.05, 4.69) is 0 Å². The number of nitrogens with two attached hydrogens (primary N) is 1. The molecule has 2 aromatic carbocycles. The maximum absolute atomic E-state index is 13.3. The molecule has 3 aliphatic rings. The van der Waals surface area contributed by atoms with Gasteiger partial charge in [-0.3, -0.25) is 14.4 Å². The highest BCUT2D eigenvalue weighted by Gasteiger charge is 2.59. The first-order valence-corrected chi connectivity index (χ1v) is 9.72. The summed E-state index contributed by atoms with van der Waals surface area (Å²) in [6, 6.07) is 11.3. The Kier molecular flexibility index (Phi) is 3.73. The third-order valence-corrected chi connectivity index (χ3v) is 6.66. The summed E-state index contributed by atoms with van der Waals surface area (Å²) < 4.78 is 0. The van der Waals surface area contributed by atoms with Crippen LogP contribution in [0.1, 0.15) is 28.8 Å². The highest BCUT2D eigenvalue weighted by atomic mass is 16.3. The molecule has 7 heteroatoms. The third kappa shape index (κ3) is 2.26. The number of hydrogen-bond acceptors (Lipinski definition) is 6. The van der Waals surface area contributed by atoms with Crippen molar-refractivity contribution in [3.63, 3.8) is 0 Å². The normalized spacial score (nSPS) is 28.3. The Labute approximate surface area is 171 Å². The Hall–Kier alpha value is -3.45. The van der Waals surface area contributed by atoms with Gasteiger partial charge < -0.3 is 21.1 Å². The van der Waals surface area contributed by atoms with Crippen LogP contribution in [0.3, 0.4) is 0 Å². The summed E-state index contributed by atoms with van der Waals surface area (Å²) in [6.45, 7) is 0. The van der Waals surface area contributed by atoms with E-state index in [0.29, 0.717) is 12.0 Å². The van der Waals surface area contributed by atoms with Gasteiger partial charge in [0.15, 0.2) is 11.4 Å². The standard InChI is InChI=1S/C23H19NO6/c24-22(29)18-16(25)9-14-7-13-6-12-5-10-3-1-2-4-11(10)8-15(12)19(26)17(13)20(27)23(14,30)21(18)28/h1-5,8,13-14,25,27,30H,6-7,9H2,(H2,24,29)/t13?,14-,23-/m0/s1. The van der Waals surface area contributed by atoms with Crippen LogP contribution in [0.2, 0.25) is 0 Å². The molecule has 0 heterocycles. The number of fused-ring (bicyclic) bond motifs is 4. The third-order valence-electron chi connectivity index (χ3n) is 6.66. The van der Waals surface area contributed by atoms with Crippen molar-refractivity contribution < 1.29 is 29.7 Å². The quantitative estimate of drug-likeness (QED) is 0.536. The molecule has 5 N–H and O–H groups in total. The number of primary amides is 1. The molecule has 0 saturated heterocycles. The molecule has 0 fully saturated rings. The molecule has 0 spiro atoms. The van der Waals surface area contributed by atoms with Crippen LogP contribution in [0.25, 0.3) is 10.8 Å². The van der Waals surface area contributed by atoms with Gasteiger partial charge in [0, 0.05) is 23.5 Å². The van der Waals surface area contributed by atoms with E-state index in [1.165, 1.54) is 0 Å². The van der Waals surface area contributed by atoms with E-state index in [1.54, 1.807) is 6.07 Å². The molecule has 0 saturated carbocycles. The van der Waals surface area contributed by atoms with Crippen molar-refractivity contribution in [2.45, 2.75) is 24.9 Å². The summed E-state index contributed by atoms with van der Waals surface area (Å²) in [7, 11) is 0. The molecule has 3 aliphatic carbocycles. The van der Waals surface area contributed by atoms with Gasteiger partial charge in [-0.25, -0.2) is 0 Å². The number of rotatable bonds is 1. The van der Waals surface area contributed by atoms with Gasteiger partial charge in [0.1, 0.15) is 17.1 Å². The lowest BCUT2D eigenvalue weighted by atomic mass is 9.60. The fraction of sp³-hybridized carbons (Fsp3) is 0.261. The Bertz CT molecular complexity index is 1240. The number of allylic oxidation sites excluding steroid dienone is 2. The number of hydrogen-bond donors (Lipinski definition) is 4. The highest BCUT2D eigenvalue weighted by molar-refractivity contribution is 6.24. The van der Waals surface area contributed by atoms with Gasteiger partial charge in [-0.05, 0) is 41.2 Å². The van der Waals surface area contributed by atoms with Crippen LogP contribution in [-0.4, -0.2) is 38.4 Å². The summed E-state index contributed by atoms with van der Waals surface area (Å²) in [6.07, 6.45) is 0.474. The molecule has 0 bridgehead atoms. The van der Waals surface area contributed by atoms with Crippen molar-refractivity contribution in [1.29, 1.82) is 0 Å². The van der Waals surface area contributed by atoms with Crippen LogP contribution in [-0.2, 0) is 16.0 Å². The number of ketones is 2. The molecule has 0 aromatic heterocycles. The van der Waals surface area contributed by atoms with Gasteiger partial charge in [-0.15, -0.1) is 0 Å². The second kappa shape index (κ2) is 6.03. The Morgan fingerprint density at radius 3 is 2.40 bits per heavy atom. The predicted octanol–water partition coefficient (Wildman–Crippen LogP) is 2.03. The first-order chi connectivity index (χ1) is 14.2. The minimum atomic E-state index is -2.45. The van der Waals surface area contributed by atoms with Crippen LogP contribution < -0.4 is 5.73 Å². The Balaban J connectivity index is 1.69. The van der Waals surface area contributed by atoms with Gasteiger partial charge in [-0.1, -0.05) is 30.3 Å². The summed E-state index contributed by atoms with van der Waals surface area (Å²) >= 11 is 0. The first-order valence-electron chi connectivity index (χ1n) is 9.72. The molecule has 1 unspecified atom stereocenters. The zero-order chi connectivity index (χ0) is 21.4. The van der Waals surface area contributed by atoms with E-state index < -0.39 is 52.0 Å². The number of aliphatic hydroxyl groups excluding tert-OH is 2. The van der Waals surface area contributed by atoms with Crippen molar-refractivity contribution in [2.24, 2.45) is 17.6 Å². The lowest BCUT2D eigenvalue weighted by Gasteiger charge is -2.45. The minimum absolute atomic E-state index is 0.00455. The average molecular weight is 405 g/mol. The molecule has 0 aliphatic heterocycles. The number of amides is 1. The Morgan fingerprint density at radius 2 is 1.73 bits per heavy atom. The maximum atomic E-state index is 13.3. The largest absolute Gasteiger partial charge is 0.511 e. The van der Waals surface area contributed by atoms with Crippen LogP contribution in [0.4, 0.5) is 0 Å². The topological polar surface area (TPSA) is 138 Å². The van der Waals surface area contributed by atoms with Gasteiger partial charge in [0.25, 0.3) is 5.91 Å². The lowest BCUT2D eigenvalue weighted by Crippen LogP contribution is -2.57. The van der Waals surface area contributed by atoms with Crippen LogP contribution >= 0.6 is 0 Å². The first kappa shape index (κ1) is 18.6. The zero-order valence-electron chi connectivity index (χ0n) is 15.9. The van der Waals surface area contributed by atoms with E-state index in [9.17, 15) is 29.7 Å². The molecule has 0 radical (unpaired) electrons. The van der Waals surface area contributed by atoms with Gasteiger partial charge in [-0.2, -0.15) is 0 Å². The van der Waals surface area contributed by atoms with Crippen molar-refractivity contribution in [3.8, 4) is 0 Å². The minimum Gasteiger partial charge on any atom is -0.511 e. The van der Waals surface area contributed by atoms with Crippen LogP contribution in [0, 0.1) is 11.8 Å². The summed E-state index contributed by atoms with van der Waals surface area (Å²) in [5, 5.41) is 34.2. The second-order valence-electron chi connectivity index (χ2n) is 8.27. The molecule has 3 atom stereocenters. The average Bonchev–Trinajstić information content (AvgIpc) is 2.69. The molecule has 2 aromatic rings. The molecule has 7 nitrogen and oxygen atoms in total. The predicted molar refractivity (Wildman–Crippen MR) is 107 cm³/mol. The van der Waals surface area contributed by atoms with E-state index >= 15 is 0 Å². The molecule has 152 valence electrons. The Morgan fingerprint density at radius 1 is 1.07 bits per heavy atom. The fourth-order valence-corrected chi connectivity index (χ4v) is 5.22. The summed E-state index contributed by atoms with van der Waals surface area (Å²) in [5.41, 5.74) is 3.27. The molecule has 1 amide bonds. The number of aliphatic hydroxyl groups is 3. The number of Topliss-reactive ketones (excluding diaryl/α,β-unsaturated/α-hetero) is 2. The van der Waals surface area contributed by atoms with Crippen molar-refractivity contribution in [1.82, 2.24) is 0 Å². The van der Waals surface area contributed by atoms with Crippen molar-refractivity contribution >= 4 is 28.2 Å². The smallest absolute Gasteiger partial charge is 0.255 e. The van der Waals surface area contributed by atoms with Crippen LogP contribution in [0.5, 0.6) is 0 Å². The van der Waals surface area contributed by atoms with E-state index in [4.69, 9.17) is 5.73 Å². The van der Waals surface area contributed by atoms with E-state index in [1.807, 2.05) is 30.3 Å². The van der Waals surface area contributed by atoms with Gasteiger partial charge in [0.05, 0.1) is 0 Å². The second-order valence-corrected chi connectivity index (χ2v) is 8.27. The molecular weight excluding hydrogens is 386 g/mol. The number of carbonyl (C=O) groups is 3. The van der Waals surface area contributed by atoms with Gasteiger partial charge in [0.2, 0.25) is 5.78 Å². The SMILES string of the molecule is NC(=O)C1=C(O)C[C@@H]2CC3Cc4cc5ccccc5cc4C(=O)C3=C(O)[C@]2(O)C1=O. The molecule has 30 heavy (non-hydrogen) atoms. The lowest BCUT2D eigenvalue weighted by molar-refractivity contribution is -0.144. The van der Waals surface area contributed by atoms with Crippen molar-refractivity contribution in [3.05, 3.63) is 70.2 Å². The van der Waals surface area contributed by atoms with E-state index in [-0.39, 0.29) is 18.4 Å². The number of carbonyl (C=O) groups excluding carboxylic acids is 3. The molecule has 5 rings (SSSR count). The summed E-state index contributed by atoms with van der Waals surface area (Å²) in [4.78, 5) is 37.8. The zero-order valence-corrected chi connectivity index (χ0v) is 15.9.